The molecule has 1 aliphatic carbocycles. The Hall–Kier alpha value is -5.98. The first-order chi connectivity index (χ1) is 24.8. The Morgan fingerprint density at radius 1 is 0.280 bits per heavy atom. The van der Waals surface area contributed by atoms with Crippen LogP contribution in [0.3, 0.4) is 0 Å². The molecule has 0 fully saturated rings. The molecule has 1 aliphatic rings. The Bertz CT molecular complexity index is 2320. The highest BCUT2D eigenvalue weighted by Crippen LogP contribution is 2.58. The summed E-state index contributed by atoms with van der Waals surface area (Å²) in [7, 11) is 0. The largest absolute Gasteiger partial charge is 0.0683 e. The van der Waals surface area contributed by atoms with Crippen molar-refractivity contribution in [2.75, 3.05) is 0 Å². The summed E-state index contributed by atoms with van der Waals surface area (Å²) in [5.74, 6) is 0. The van der Waals surface area contributed by atoms with Gasteiger partial charge in [0, 0.05) is 0 Å². The molecule has 0 aromatic heterocycles. The van der Waals surface area contributed by atoms with Crippen molar-refractivity contribution in [2.24, 2.45) is 0 Å². The third kappa shape index (κ3) is 5.74. The minimum atomic E-state index is 1.19. The monoisotopic (exact) mass is 642 g/mol. The molecule has 0 radical (unpaired) electrons. The average molecular weight is 643 g/mol. The lowest BCUT2D eigenvalue weighted by Gasteiger charge is -2.20. The van der Waals surface area contributed by atoms with Gasteiger partial charge in [-0.2, -0.15) is 0 Å². The van der Waals surface area contributed by atoms with Crippen molar-refractivity contribution in [1.82, 2.24) is 0 Å². The third-order valence-corrected chi connectivity index (χ3v) is 9.41. The van der Waals surface area contributed by atoms with Crippen LogP contribution in [-0.4, -0.2) is 0 Å². The van der Waals surface area contributed by atoms with Gasteiger partial charge < -0.3 is 0 Å². The van der Waals surface area contributed by atoms with Gasteiger partial charge >= 0.3 is 0 Å². The van der Waals surface area contributed by atoms with Crippen LogP contribution in [0.5, 0.6) is 0 Å². The Morgan fingerprint density at radius 3 is 1.24 bits per heavy atom. The summed E-state index contributed by atoms with van der Waals surface area (Å²) >= 11 is 0. The van der Waals surface area contributed by atoms with E-state index in [4.69, 9.17) is 0 Å². The van der Waals surface area contributed by atoms with Gasteiger partial charge in [0.1, 0.15) is 0 Å². The van der Waals surface area contributed by atoms with E-state index in [9.17, 15) is 0 Å². The number of benzene rings is 8. The fraction of sp³-hybridized carbons (Fsp3) is 0.0800. The minimum Gasteiger partial charge on any atom is -0.0683 e. The van der Waals surface area contributed by atoms with Crippen LogP contribution in [0.25, 0.3) is 89.3 Å². The molecule has 0 saturated carbocycles. The van der Waals surface area contributed by atoms with Gasteiger partial charge in [-0.3, -0.25) is 0 Å². The molecule has 0 heterocycles. The molecule has 9 rings (SSSR count). The molecule has 0 amide bonds. The first-order valence-electron chi connectivity index (χ1n) is 17.9. The average Bonchev–Trinajstić information content (AvgIpc) is 3.54. The topological polar surface area (TPSA) is 0 Å². The maximum Gasteiger partial charge on any atom is -0.000741 e. The second kappa shape index (κ2) is 14.6. The van der Waals surface area contributed by atoms with E-state index < -0.39 is 0 Å². The van der Waals surface area contributed by atoms with Crippen molar-refractivity contribution < 1.29 is 0 Å². The third-order valence-electron chi connectivity index (χ3n) is 9.41. The van der Waals surface area contributed by atoms with Crippen LogP contribution in [-0.2, 0) is 0 Å². The molecule has 0 nitrogen and oxygen atoms in total. The number of hydrogen-bond acceptors (Lipinski definition) is 0. The molecule has 0 atom stereocenters. The van der Waals surface area contributed by atoms with E-state index in [-0.39, 0.29) is 0 Å². The maximum atomic E-state index is 2.37. The van der Waals surface area contributed by atoms with E-state index in [2.05, 4.69) is 182 Å². The smallest absolute Gasteiger partial charge is 0.000741 e. The summed E-state index contributed by atoms with van der Waals surface area (Å²) in [5.41, 5.74) is 15.3. The van der Waals surface area contributed by atoms with E-state index in [1.807, 2.05) is 27.7 Å². The Balaban J connectivity index is 0.000000948. The van der Waals surface area contributed by atoms with Gasteiger partial charge in [0.2, 0.25) is 0 Å². The summed E-state index contributed by atoms with van der Waals surface area (Å²) in [6.45, 7) is 8.00. The van der Waals surface area contributed by atoms with E-state index in [1.54, 1.807) is 0 Å². The van der Waals surface area contributed by atoms with Crippen LogP contribution in [0.4, 0.5) is 0 Å². The summed E-state index contributed by atoms with van der Waals surface area (Å²) in [5, 5.41) is 5.21. The molecule has 0 heteroatoms. The first kappa shape index (κ1) is 32.6. The summed E-state index contributed by atoms with van der Waals surface area (Å²) in [6, 6.07) is 61.8. The highest BCUT2D eigenvalue weighted by Gasteiger charge is 2.31. The van der Waals surface area contributed by atoms with Crippen molar-refractivity contribution in [3.63, 3.8) is 0 Å². The quantitative estimate of drug-likeness (QED) is 0.164. The van der Waals surface area contributed by atoms with Crippen molar-refractivity contribution in [1.29, 1.82) is 0 Å². The lowest BCUT2D eigenvalue weighted by molar-refractivity contribution is 1.50. The highest BCUT2D eigenvalue weighted by molar-refractivity contribution is 6.28. The van der Waals surface area contributed by atoms with Gasteiger partial charge in [-0.15, -0.1) is 0 Å². The highest BCUT2D eigenvalue weighted by atomic mass is 14.3. The van der Waals surface area contributed by atoms with Gasteiger partial charge in [0.05, 0.1) is 0 Å². The van der Waals surface area contributed by atoms with Gasteiger partial charge in [0.15, 0.2) is 0 Å². The zero-order valence-corrected chi connectivity index (χ0v) is 29.3. The molecule has 50 heavy (non-hydrogen) atoms. The molecule has 0 bridgehead atoms. The van der Waals surface area contributed by atoms with Crippen LogP contribution in [0.15, 0.2) is 170 Å². The van der Waals surface area contributed by atoms with Gasteiger partial charge in [0.25, 0.3) is 0 Å². The minimum absolute atomic E-state index is 1.19. The molecular weight excluding hydrogens is 601 g/mol. The van der Waals surface area contributed by atoms with E-state index in [0.29, 0.717) is 0 Å². The van der Waals surface area contributed by atoms with Crippen LogP contribution in [0.2, 0.25) is 0 Å². The normalized spacial score (nSPS) is 11.1. The predicted molar refractivity (Wildman–Crippen MR) is 220 cm³/mol. The standard InChI is InChI=1S/C46H30.2C2H6/c1-4-13-31(14-5-1)23-24-32-25-27-33(28-26-32)36-29-30-41-44-37(36)21-12-22-40(44)45-42(34-15-6-2-7-16-34)38-19-10-11-20-39(38)43(46(41)45)35-17-8-3-9-18-35;2*1-2/h1-30H;2*1-2H3/b24-23+;;. The van der Waals surface area contributed by atoms with Gasteiger partial charge in [-0.05, 0) is 88.3 Å². The van der Waals surface area contributed by atoms with Crippen LogP contribution in [0.1, 0.15) is 38.8 Å². The zero-order chi connectivity index (χ0) is 34.5. The van der Waals surface area contributed by atoms with Crippen molar-refractivity contribution >= 4 is 33.7 Å². The van der Waals surface area contributed by atoms with Crippen molar-refractivity contribution in [3.05, 3.63) is 181 Å². The van der Waals surface area contributed by atoms with E-state index >= 15 is 0 Å². The lowest BCUT2D eigenvalue weighted by atomic mass is 9.82. The molecule has 242 valence electrons. The van der Waals surface area contributed by atoms with E-state index in [1.165, 1.54) is 88.3 Å². The molecule has 0 saturated heterocycles. The molecule has 0 N–H and O–H groups in total. The number of hydrogen-bond donors (Lipinski definition) is 0. The molecule has 8 aromatic rings. The Labute approximate surface area is 297 Å². The molecular formula is C50H42. The molecule has 0 unspecified atom stereocenters. The summed E-state index contributed by atoms with van der Waals surface area (Å²) in [6.07, 6.45) is 4.36. The van der Waals surface area contributed by atoms with Crippen LogP contribution >= 0.6 is 0 Å². The van der Waals surface area contributed by atoms with Crippen molar-refractivity contribution in [3.8, 4) is 55.6 Å². The van der Waals surface area contributed by atoms with Crippen molar-refractivity contribution in [2.45, 2.75) is 27.7 Å². The molecule has 8 aromatic carbocycles. The predicted octanol–water partition coefficient (Wildman–Crippen LogP) is 14.9. The summed E-state index contributed by atoms with van der Waals surface area (Å²) < 4.78 is 0. The second-order valence-corrected chi connectivity index (χ2v) is 12.0. The molecule has 0 spiro atoms. The Morgan fingerprint density at radius 2 is 0.700 bits per heavy atom. The second-order valence-electron chi connectivity index (χ2n) is 12.0. The number of rotatable bonds is 5. The zero-order valence-electron chi connectivity index (χ0n) is 29.3. The first-order valence-corrected chi connectivity index (χ1v) is 17.9. The van der Waals surface area contributed by atoms with Gasteiger partial charge in [-0.1, -0.05) is 210 Å². The summed E-state index contributed by atoms with van der Waals surface area (Å²) in [4.78, 5) is 0. The van der Waals surface area contributed by atoms with Crippen LogP contribution < -0.4 is 0 Å². The van der Waals surface area contributed by atoms with Crippen LogP contribution in [0, 0.1) is 0 Å². The molecule has 0 aliphatic heterocycles. The fourth-order valence-corrected chi connectivity index (χ4v) is 7.39. The maximum absolute atomic E-state index is 2.37. The van der Waals surface area contributed by atoms with E-state index in [0.717, 1.165) is 0 Å². The number of fused-ring (bicyclic) bond motifs is 4. The SMILES string of the molecule is C(=C\c1ccc(-c2ccc3c4c(cccc24)-c2c-3c(-c3ccccc3)c3ccccc3c2-c2ccccc2)cc1)/c1ccccc1.CC.CC. The fourth-order valence-electron chi connectivity index (χ4n) is 7.39. The lowest BCUT2D eigenvalue weighted by Crippen LogP contribution is -1.93. The van der Waals surface area contributed by atoms with Gasteiger partial charge in [-0.25, -0.2) is 0 Å². The Kier molecular flexibility index (Phi) is 9.54.